The summed E-state index contributed by atoms with van der Waals surface area (Å²) in [6.07, 6.45) is 5.55. The Hall–Kier alpha value is -5.53. The monoisotopic (exact) mass is 628 g/mol. The Morgan fingerprint density at radius 1 is 0.978 bits per heavy atom. The van der Waals surface area contributed by atoms with Crippen LogP contribution in [0, 0.1) is 5.95 Å². The van der Waals surface area contributed by atoms with Crippen LogP contribution in [0.5, 0.6) is 0 Å². The summed E-state index contributed by atoms with van der Waals surface area (Å²) >= 11 is 0. The Bertz CT molecular complexity index is 1960. The molecule has 0 saturated heterocycles. The highest BCUT2D eigenvalue weighted by Crippen LogP contribution is 2.26. The summed E-state index contributed by atoms with van der Waals surface area (Å²) in [4.78, 5) is 77.8. The number of carbonyl (C=O) groups excluding carboxylic acids is 2. The van der Waals surface area contributed by atoms with Crippen LogP contribution < -0.4 is 27.0 Å². The van der Waals surface area contributed by atoms with E-state index in [2.05, 4.69) is 20.3 Å². The van der Waals surface area contributed by atoms with Gasteiger partial charge in [-0.15, -0.1) is 0 Å². The van der Waals surface area contributed by atoms with E-state index >= 15 is 0 Å². The summed E-state index contributed by atoms with van der Waals surface area (Å²) in [7, 11) is 0. The molecule has 0 fully saturated rings. The second kappa shape index (κ2) is 14.1. The van der Waals surface area contributed by atoms with Crippen molar-refractivity contribution in [2.45, 2.75) is 52.7 Å². The zero-order valence-corrected chi connectivity index (χ0v) is 25.5. The number of halogens is 1. The van der Waals surface area contributed by atoms with Crippen molar-refractivity contribution in [3.8, 4) is 0 Å². The number of amides is 2. The lowest BCUT2D eigenvalue weighted by Crippen LogP contribution is -2.42. The summed E-state index contributed by atoms with van der Waals surface area (Å²) in [5.74, 6) is -0.831. The molecule has 0 atom stereocenters. The van der Waals surface area contributed by atoms with Crippen LogP contribution in [0.2, 0.25) is 0 Å². The summed E-state index contributed by atoms with van der Waals surface area (Å²) in [6, 6.07) is 10.7. The van der Waals surface area contributed by atoms with Crippen molar-refractivity contribution >= 4 is 29.2 Å². The molecule has 5 rings (SSSR count). The van der Waals surface area contributed by atoms with Gasteiger partial charge in [-0.2, -0.15) is 4.39 Å². The van der Waals surface area contributed by atoms with Crippen LogP contribution >= 0.6 is 0 Å². The first-order valence-corrected chi connectivity index (χ1v) is 14.9. The van der Waals surface area contributed by atoms with Gasteiger partial charge in [0.25, 0.3) is 11.5 Å². The van der Waals surface area contributed by atoms with E-state index in [0.29, 0.717) is 42.0 Å². The van der Waals surface area contributed by atoms with Gasteiger partial charge in [0, 0.05) is 76.3 Å². The zero-order valence-electron chi connectivity index (χ0n) is 25.5. The molecule has 0 aromatic carbocycles. The van der Waals surface area contributed by atoms with Crippen LogP contribution in [-0.4, -0.2) is 54.3 Å². The fraction of sp³-hybridized carbons (Fsp3) is 0.312. The van der Waals surface area contributed by atoms with Crippen LogP contribution in [0.15, 0.2) is 80.4 Å². The predicted octanol–water partition coefficient (Wildman–Crippen LogP) is 2.06. The molecule has 4 aromatic heterocycles. The first-order chi connectivity index (χ1) is 22.2. The third kappa shape index (κ3) is 6.90. The highest BCUT2D eigenvalue weighted by atomic mass is 19.1. The van der Waals surface area contributed by atoms with Gasteiger partial charge in [0.05, 0.1) is 16.8 Å². The molecule has 0 bridgehead atoms. The molecule has 0 aliphatic carbocycles. The molecule has 13 nitrogen and oxygen atoms in total. The molecule has 46 heavy (non-hydrogen) atoms. The van der Waals surface area contributed by atoms with E-state index in [4.69, 9.17) is 0 Å². The number of hydrogen-bond donors (Lipinski definition) is 1. The zero-order chi connectivity index (χ0) is 32.8. The summed E-state index contributed by atoms with van der Waals surface area (Å²) < 4.78 is 17.6. The van der Waals surface area contributed by atoms with Crippen molar-refractivity contribution in [1.29, 1.82) is 0 Å². The van der Waals surface area contributed by atoms with Crippen LogP contribution in [0.1, 0.15) is 48.2 Å². The van der Waals surface area contributed by atoms with Gasteiger partial charge < -0.3 is 9.88 Å². The first kappa shape index (κ1) is 31.9. The number of nitrogens with one attached hydrogen (secondary N) is 1. The minimum Gasteiger partial charge on any atom is -0.355 e. The summed E-state index contributed by atoms with van der Waals surface area (Å²) in [5.41, 5.74) is 0.615. The number of anilines is 1. The standard InChI is InChI=1S/C32H33FN8O5/c1-3-13-41-31(45)24-18-25(37-29(24)40(32(41)46)17-12-34-21(2)42)22-9-11-27(36-19-22)39(30(44)23-8-10-26(33)35-20-23)16-6-15-38-14-5-4-7-28(38)43/h4-5,7-11,14,19-20H,3,6,12-13,15-18H2,1-2H3,(H,34,42). The van der Waals surface area contributed by atoms with E-state index in [1.807, 2.05) is 6.92 Å². The minimum atomic E-state index is -0.714. The number of pyridine rings is 3. The largest absolute Gasteiger partial charge is 0.355 e. The maximum absolute atomic E-state index is 13.5. The maximum Gasteiger partial charge on any atom is 0.332 e. The first-order valence-electron chi connectivity index (χ1n) is 14.9. The number of nitrogens with zero attached hydrogens (tertiary/aromatic N) is 7. The quantitative estimate of drug-likeness (QED) is 0.236. The van der Waals surface area contributed by atoms with Gasteiger partial charge in [0.15, 0.2) is 0 Å². The fourth-order valence-corrected chi connectivity index (χ4v) is 5.23. The van der Waals surface area contributed by atoms with E-state index in [-0.39, 0.29) is 55.4 Å². The van der Waals surface area contributed by atoms with Crippen LogP contribution in [0.4, 0.5) is 16.0 Å². The molecule has 0 unspecified atom stereocenters. The number of aryl methyl sites for hydroxylation is 1. The maximum atomic E-state index is 13.5. The molecule has 1 N–H and O–H groups in total. The van der Waals surface area contributed by atoms with Gasteiger partial charge in [-0.25, -0.2) is 19.8 Å². The van der Waals surface area contributed by atoms with E-state index in [9.17, 15) is 28.4 Å². The second-order valence-corrected chi connectivity index (χ2v) is 10.7. The average molecular weight is 629 g/mol. The second-order valence-electron chi connectivity index (χ2n) is 10.7. The Morgan fingerprint density at radius 3 is 2.48 bits per heavy atom. The van der Waals surface area contributed by atoms with E-state index in [0.717, 1.165) is 12.3 Å². The SMILES string of the molecule is CCCn1c(=O)c2c(n(CCNC(C)=O)c1=O)N=C(c1ccc(N(CCCn3ccccc3=O)C(=O)c3ccc(F)nc3)nc1)C2. The Balaban J connectivity index is 1.43. The third-order valence-corrected chi connectivity index (χ3v) is 7.49. The molecule has 238 valence electrons. The molecule has 5 heterocycles. The van der Waals surface area contributed by atoms with Gasteiger partial charge in [0.1, 0.15) is 11.6 Å². The topological polar surface area (TPSA) is 154 Å². The average Bonchev–Trinajstić information content (AvgIpc) is 3.49. The molecule has 14 heteroatoms. The van der Waals surface area contributed by atoms with E-state index in [1.165, 1.54) is 39.3 Å². The van der Waals surface area contributed by atoms with Gasteiger partial charge in [-0.05, 0) is 43.2 Å². The molecule has 0 saturated carbocycles. The lowest BCUT2D eigenvalue weighted by atomic mass is 10.1. The van der Waals surface area contributed by atoms with Gasteiger partial charge in [-0.1, -0.05) is 13.0 Å². The number of aliphatic imine (C=N–C) groups is 1. The van der Waals surface area contributed by atoms with Gasteiger partial charge >= 0.3 is 5.69 Å². The van der Waals surface area contributed by atoms with Crippen molar-refractivity contribution in [3.05, 3.63) is 115 Å². The fourth-order valence-electron chi connectivity index (χ4n) is 5.23. The van der Waals surface area contributed by atoms with Crippen molar-refractivity contribution in [2.24, 2.45) is 4.99 Å². The Labute approximate surface area is 262 Å². The molecule has 0 radical (unpaired) electrons. The number of hydrogen-bond acceptors (Lipinski definition) is 8. The highest BCUT2D eigenvalue weighted by molar-refractivity contribution is 6.07. The molecule has 1 aliphatic rings. The molecule has 1 aliphatic heterocycles. The van der Waals surface area contributed by atoms with Gasteiger partial charge in [-0.3, -0.25) is 33.2 Å². The van der Waals surface area contributed by atoms with E-state index in [1.54, 1.807) is 35.0 Å². The smallest absolute Gasteiger partial charge is 0.332 e. The van der Waals surface area contributed by atoms with E-state index < -0.39 is 23.1 Å². The predicted molar refractivity (Wildman–Crippen MR) is 169 cm³/mol. The summed E-state index contributed by atoms with van der Waals surface area (Å²) in [6.45, 7) is 4.41. The van der Waals surface area contributed by atoms with Crippen LogP contribution in [-0.2, 0) is 30.8 Å². The number of rotatable bonds is 12. The van der Waals surface area contributed by atoms with Crippen molar-refractivity contribution in [1.82, 2.24) is 29.0 Å². The van der Waals surface area contributed by atoms with Crippen LogP contribution in [0.25, 0.3) is 0 Å². The Kier molecular flexibility index (Phi) is 9.74. The van der Waals surface area contributed by atoms with Crippen molar-refractivity contribution in [3.63, 3.8) is 0 Å². The normalized spacial score (nSPS) is 12.0. The molecular formula is C32H33FN8O5. The number of aromatic nitrogens is 5. The lowest BCUT2D eigenvalue weighted by molar-refractivity contribution is -0.118. The molecular weight excluding hydrogens is 595 g/mol. The van der Waals surface area contributed by atoms with Gasteiger partial charge in [0.2, 0.25) is 17.4 Å². The third-order valence-electron chi connectivity index (χ3n) is 7.49. The van der Waals surface area contributed by atoms with Crippen molar-refractivity contribution < 1.29 is 14.0 Å². The highest BCUT2D eigenvalue weighted by Gasteiger charge is 2.27. The number of fused-ring (bicyclic) bond motifs is 1. The Morgan fingerprint density at radius 2 is 1.80 bits per heavy atom. The summed E-state index contributed by atoms with van der Waals surface area (Å²) in [5, 5.41) is 2.67. The van der Waals surface area contributed by atoms with Crippen molar-refractivity contribution in [2.75, 3.05) is 18.0 Å². The molecule has 4 aromatic rings. The minimum absolute atomic E-state index is 0.142. The van der Waals surface area contributed by atoms with Crippen LogP contribution in [0.3, 0.4) is 0 Å². The lowest BCUT2D eigenvalue weighted by Gasteiger charge is -2.22. The molecule has 0 spiro atoms. The molecule has 2 amide bonds. The number of carbonyl (C=O) groups is 2.